The Morgan fingerprint density at radius 2 is 1.72 bits per heavy atom. The zero-order valence-corrected chi connectivity index (χ0v) is 9.55. The van der Waals surface area contributed by atoms with E-state index in [4.69, 9.17) is 5.11 Å². The van der Waals surface area contributed by atoms with Crippen LogP contribution in [0, 0.1) is 0 Å². The number of benzene rings is 1. The fourth-order valence-corrected chi connectivity index (χ4v) is 1.83. The van der Waals surface area contributed by atoms with Crippen molar-refractivity contribution in [1.29, 1.82) is 0 Å². The average Bonchev–Trinajstić information content (AvgIpc) is 2.59. The van der Waals surface area contributed by atoms with Crippen molar-refractivity contribution in [3.8, 4) is 0 Å². The second-order valence-corrected chi connectivity index (χ2v) is 3.88. The second-order valence-electron chi connectivity index (χ2n) is 3.88. The number of carboxylic acid groups (broad SMARTS) is 1. The van der Waals surface area contributed by atoms with Crippen molar-refractivity contribution in [2.45, 2.75) is 0 Å². The molecule has 1 aromatic rings. The lowest BCUT2D eigenvalue weighted by Gasteiger charge is -2.13. The van der Waals surface area contributed by atoms with Crippen molar-refractivity contribution >= 4 is 17.8 Å². The van der Waals surface area contributed by atoms with Crippen molar-refractivity contribution in [3.05, 3.63) is 35.4 Å². The number of aliphatic carboxylic acids is 1. The summed E-state index contributed by atoms with van der Waals surface area (Å²) in [7, 11) is 0. The number of hydrogen-bond acceptors (Lipinski definition) is 4. The Kier molecular flexibility index (Phi) is 3.38. The van der Waals surface area contributed by atoms with Crippen LogP contribution in [0.2, 0.25) is 0 Å². The van der Waals surface area contributed by atoms with E-state index in [-0.39, 0.29) is 31.4 Å². The monoisotopic (exact) mass is 248 g/mol. The van der Waals surface area contributed by atoms with Gasteiger partial charge in [-0.25, -0.2) is 0 Å². The molecule has 0 atom stereocenters. The summed E-state index contributed by atoms with van der Waals surface area (Å²) in [6.45, 7) is 0.237. The van der Waals surface area contributed by atoms with Crippen LogP contribution in [0.1, 0.15) is 20.7 Å². The van der Waals surface area contributed by atoms with Crippen LogP contribution in [0.15, 0.2) is 24.3 Å². The Balaban J connectivity index is 1.99. The number of rotatable bonds is 5. The summed E-state index contributed by atoms with van der Waals surface area (Å²) >= 11 is 0. The highest BCUT2D eigenvalue weighted by molar-refractivity contribution is 6.21. The predicted molar refractivity (Wildman–Crippen MR) is 62.3 cm³/mol. The topological polar surface area (TPSA) is 86.7 Å². The summed E-state index contributed by atoms with van der Waals surface area (Å²) in [5.74, 6) is -1.63. The smallest absolute Gasteiger partial charge is 0.317 e. The van der Waals surface area contributed by atoms with Gasteiger partial charge in [-0.3, -0.25) is 19.3 Å². The first-order valence-electron chi connectivity index (χ1n) is 5.49. The molecule has 0 saturated heterocycles. The van der Waals surface area contributed by atoms with E-state index in [0.717, 1.165) is 4.90 Å². The van der Waals surface area contributed by atoms with Crippen molar-refractivity contribution in [1.82, 2.24) is 10.2 Å². The molecule has 0 bridgehead atoms. The van der Waals surface area contributed by atoms with Gasteiger partial charge in [0.2, 0.25) is 0 Å². The number of imide groups is 1. The van der Waals surface area contributed by atoms with E-state index < -0.39 is 5.97 Å². The molecule has 2 amide bonds. The van der Waals surface area contributed by atoms with Crippen LogP contribution in [0.4, 0.5) is 0 Å². The summed E-state index contributed by atoms with van der Waals surface area (Å²) in [6.07, 6.45) is 0. The first kappa shape index (κ1) is 12.3. The van der Waals surface area contributed by atoms with Gasteiger partial charge in [0, 0.05) is 13.1 Å². The van der Waals surface area contributed by atoms with Crippen molar-refractivity contribution in [2.75, 3.05) is 19.6 Å². The number of carboxylic acids is 1. The fourth-order valence-electron chi connectivity index (χ4n) is 1.83. The van der Waals surface area contributed by atoms with Gasteiger partial charge in [0.1, 0.15) is 0 Å². The number of nitrogens with zero attached hydrogens (tertiary/aromatic N) is 1. The van der Waals surface area contributed by atoms with Crippen LogP contribution in [0.5, 0.6) is 0 Å². The number of nitrogens with one attached hydrogen (secondary N) is 1. The molecule has 0 saturated carbocycles. The van der Waals surface area contributed by atoms with Crippen LogP contribution in [-0.4, -0.2) is 47.4 Å². The Hall–Kier alpha value is -2.21. The standard InChI is InChI=1S/C12H12N2O4/c15-10(16)7-13-5-6-14-11(17)8-3-1-2-4-9(8)12(14)18/h1-4,13H,5-7H2,(H,15,16). The minimum absolute atomic E-state index is 0.166. The van der Waals surface area contributed by atoms with Gasteiger partial charge in [0.05, 0.1) is 17.7 Å². The van der Waals surface area contributed by atoms with Gasteiger partial charge in [-0.15, -0.1) is 0 Å². The summed E-state index contributed by atoms with van der Waals surface area (Å²) in [5.41, 5.74) is 0.807. The molecular weight excluding hydrogens is 236 g/mol. The van der Waals surface area contributed by atoms with Crippen LogP contribution < -0.4 is 5.32 Å². The summed E-state index contributed by atoms with van der Waals surface area (Å²) in [6, 6.07) is 6.63. The molecule has 0 spiro atoms. The highest BCUT2D eigenvalue weighted by atomic mass is 16.4. The van der Waals surface area contributed by atoms with E-state index in [1.807, 2.05) is 0 Å². The van der Waals surface area contributed by atoms with Crippen molar-refractivity contribution in [3.63, 3.8) is 0 Å². The van der Waals surface area contributed by atoms with Crippen LogP contribution in [0.25, 0.3) is 0 Å². The minimum atomic E-state index is -0.975. The molecule has 18 heavy (non-hydrogen) atoms. The SMILES string of the molecule is O=C(O)CNCCN1C(=O)c2ccccc2C1=O. The second kappa shape index (κ2) is 4.97. The van der Waals surface area contributed by atoms with Crippen molar-refractivity contribution in [2.24, 2.45) is 0 Å². The molecule has 6 heteroatoms. The normalized spacial score (nSPS) is 13.9. The minimum Gasteiger partial charge on any atom is -0.480 e. The molecule has 0 radical (unpaired) electrons. The molecule has 0 fully saturated rings. The van der Waals surface area contributed by atoms with Gasteiger partial charge in [0.15, 0.2) is 0 Å². The molecule has 0 aromatic heterocycles. The Labute approximate surface area is 103 Å². The van der Waals surface area contributed by atoms with Crippen molar-refractivity contribution < 1.29 is 19.5 Å². The molecule has 2 rings (SSSR count). The molecule has 2 N–H and O–H groups in total. The van der Waals surface area contributed by atoms with Crippen LogP contribution in [0.3, 0.4) is 0 Å². The molecule has 1 aliphatic rings. The van der Waals surface area contributed by atoms with E-state index >= 15 is 0 Å². The van der Waals surface area contributed by atoms with E-state index in [9.17, 15) is 14.4 Å². The number of fused-ring (bicyclic) bond motifs is 1. The molecule has 6 nitrogen and oxygen atoms in total. The first-order chi connectivity index (χ1) is 8.61. The van der Waals surface area contributed by atoms with E-state index in [1.165, 1.54) is 0 Å². The molecule has 0 aliphatic carbocycles. The molecule has 1 aromatic carbocycles. The van der Waals surface area contributed by atoms with Gasteiger partial charge in [-0.1, -0.05) is 12.1 Å². The van der Waals surface area contributed by atoms with Crippen LogP contribution >= 0.6 is 0 Å². The highest BCUT2D eigenvalue weighted by Crippen LogP contribution is 2.21. The highest BCUT2D eigenvalue weighted by Gasteiger charge is 2.34. The van der Waals surface area contributed by atoms with Crippen LogP contribution in [-0.2, 0) is 4.79 Å². The maximum atomic E-state index is 11.9. The van der Waals surface area contributed by atoms with E-state index in [2.05, 4.69) is 5.32 Å². The molecule has 1 aliphatic heterocycles. The van der Waals surface area contributed by atoms with E-state index in [0.29, 0.717) is 11.1 Å². The average molecular weight is 248 g/mol. The van der Waals surface area contributed by atoms with Gasteiger partial charge >= 0.3 is 5.97 Å². The predicted octanol–water partition coefficient (Wildman–Crippen LogP) is -0.0432. The van der Waals surface area contributed by atoms with Gasteiger partial charge in [-0.05, 0) is 12.1 Å². The third kappa shape index (κ3) is 2.23. The summed E-state index contributed by atoms with van der Waals surface area (Å²) in [5, 5.41) is 11.1. The zero-order valence-electron chi connectivity index (χ0n) is 9.55. The maximum Gasteiger partial charge on any atom is 0.317 e. The number of carbonyl (C=O) groups is 3. The molecule has 0 unspecified atom stereocenters. The number of amides is 2. The summed E-state index contributed by atoms with van der Waals surface area (Å²) in [4.78, 5) is 35.2. The Bertz CT molecular complexity index is 478. The third-order valence-corrected chi connectivity index (χ3v) is 2.67. The lowest BCUT2D eigenvalue weighted by atomic mass is 10.1. The lowest BCUT2D eigenvalue weighted by molar-refractivity contribution is -0.135. The van der Waals surface area contributed by atoms with Gasteiger partial charge < -0.3 is 10.4 Å². The maximum absolute atomic E-state index is 11.9. The lowest BCUT2D eigenvalue weighted by Crippen LogP contribution is -2.37. The molecule has 1 heterocycles. The van der Waals surface area contributed by atoms with Gasteiger partial charge in [-0.2, -0.15) is 0 Å². The van der Waals surface area contributed by atoms with Gasteiger partial charge in [0.25, 0.3) is 11.8 Å². The third-order valence-electron chi connectivity index (χ3n) is 2.67. The number of hydrogen-bond donors (Lipinski definition) is 2. The first-order valence-corrected chi connectivity index (χ1v) is 5.49. The number of carbonyl (C=O) groups excluding carboxylic acids is 2. The molecular formula is C12H12N2O4. The Morgan fingerprint density at radius 3 is 2.22 bits per heavy atom. The largest absolute Gasteiger partial charge is 0.480 e. The quantitative estimate of drug-likeness (QED) is 0.564. The molecule has 94 valence electrons. The fraction of sp³-hybridized carbons (Fsp3) is 0.250. The summed E-state index contributed by atoms with van der Waals surface area (Å²) < 4.78 is 0. The van der Waals surface area contributed by atoms with E-state index in [1.54, 1.807) is 24.3 Å². The Morgan fingerprint density at radius 1 is 1.17 bits per heavy atom. The zero-order chi connectivity index (χ0) is 13.1.